The Kier molecular flexibility index (Phi) is 2.11. The van der Waals surface area contributed by atoms with Crippen molar-refractivity contribution in [3.05, 3.63) is 12.8 Å². The highest BCUT2D eigenvalue weighted by molar-refractivity contribution is 5.17. The highest BCUT2D eigenvalue weighted by Crippen LogP contribution is 2.72. The molecule has 0 aromatic rings. The van der Waals surface area contributed by atoms with Gasteiger partial charge in [-0.1, -0.05) is 6.58 Å². The molecular formula is C17H24O2. The van der Waals surface area contributed by atoms with E-state index in [1.165, 1.54) is 19.3 Å². The summed E-state index contributed by atoms with van der Waals surface area (Å²) in [7, 11) is 0. The van der Waals surface area contributed by atoms with Crippen molar-refractivity contribution in [3.63, 3.8) is 0 Å². The molecule has 0 saturated heterocycles. The van der Waals surface area contributed by atoms with E-state index in [9.17, 15) is 5.11 Å². The zero-order valence-corrected chi connectivity index (χ0v) is 11.4. The fraction of sp³-hybridized carbons (Fsp3) is 0.882. The van der Waals surface area contributed by atoms with Crippen molar-refractivity contribution in [2.24, 2.45) is 47.3 Å². The van der Waals surface area contributed by atoms with Crippen LogP contribution >= 0.6 is 0 Å². The fourth-order valence-corrected chi connectivity index (χ4v) is 7.52. The molecule has 0 aromatic heterocycles. The second kappa shape index (κ2) is 3.58. The van der Waals surface area contributed by atoms with Gasteiger partial charge in [-0.15, -0.1) is 0 Å². The monoisotopic (exact) mass is 260 g/mol. The molecule has 2 nitrogen and oxygen atoms in total. The van der Waals surface area contributed by atoms with E-state index in [1.807, 2.05) is 0 Å². The van der Waals surface area contributed by atoms with Crippen LogP contribution in [0.5, 0.6) is 0 Å². The molecule has 2 heteroatoms. The summed E-state index contributed by atoms with van der Waals surface area (Å²) >= 11 is 0. The van der Waals surface area contributed by atoms with Crippen LogP contribution in [-0.2, 0) is 4.74 Å². The van der Waals surface area contributed by atoms with Crippen molar-refractivity contribution in [2.75, 3.05) is 0 Å². The molecule has 5 aliphatic rings. The smallest absolute Gasteiger partial charge is 0.101 e. The van der Waals surface area contributed by atoms with Crippen LogP contribution in [-0.4, -0.2) is 17.3 Å². The van der Waals surface area contributed by atoms with E-state index in [2.05, 4.69) is 6.58 Å². The molecule has 104 valence electrons. The molecule has 0 aliphatic heterocycles. The van der Waals surface area contributed by atoms with Crippen molar-refractivity contribution >= 4 is 0 Å². The summed E-state index contributed by atoms with van der Waals surface area (Å²) in [5, 5.41) is 10.0. The maximum absolute atomic E-state index is 10.0. The third-order valence-corrected chi connectivity index (χ3v) is 7.61. The molecule has 5 aliphatic carbocycles. The van der Waals surface area contributed by atoms with E-state index in [-0.39, 0.29) is 6.10 Å². The first kappa shape index (κ1) is 11.2. The number of hydrogen-bond acceptors (Lipinski definition) is 2. The molecule has 5 saturated carbocycles. The van der Waals surface area contributed by atoms with Crippen LogP contribution < -0.4 is 0 Å². The molecule has 0 heterocycles. The van der Waals surface area contributed by atoms with Crippen LogP contribution in [0, 0.1) is 47.3 Å². The maximum Gasteiger partial charge on any atom is 0.101 e. The maximum atomic E-state index is 10.0. The first-order valence-corrected chi connectivity index (χ1v) is 8.22. The lowest BCUT2D eigenvalue weighted by molar-refractivity contribution is -0.00705. The Morgan fingerprint density at radius 3 is 2.32 bits per heavy atom. The second-order valence-corrected chi connectivity index (χ2v) is 7.91. The highest BCUT2D eigenvalue weighted by atomic mass is 16.5. The lowest BCUT2D eigenvalue weighted by Gasteiger charge is -2.42. The number of rotatable bonds is 2. The molecule has 19 heavy (non-hydrogen) atoms. The summed E-state index contributed by atoms with van der Waals surface area (Å²) in [6.45, 7) is 3.75. The Morgan fingerprint density at radius 2 is 1.58 bits per heavy atom. The van der Waals surface area contributed by atoms with Gasteiger partial charge in [0.05, 0.1) is 12.4 Å². The fourth-order valence-electron chi connectivity index (χ4n) is 7.52. The standard InChI is InChI=1S/C17H24O2/c1-2-19-15-4-8-3-14(15)17-13-7-12(16(8)17)10-5-9(18)6-11(10)13/h2,8-18H,1,3-7H2. The molecule has 0 amide bonds. The zero-order valence-electron chi connectivity index (χ0n) is 11.4. The molecule has 0 spiro atoms. The summed E-state index contributed by atoms with van der Waals surface area (Å²) in [4.78, 5) is 0. The molecule has 5 fully saturated rings. The van der Waals surface area contributed by atoms with Crippen molar-refractivity contribution < 1.29 is 9.84 Å². The lowest BCUT2D eigenvalue weighted by Crippen LogP contribution is -2.40. The van der Waals surface area contributed by atoms with E-state index in [0.29, 0.717) is 6.10 Å². The average Bonchev–Trinajstić information content (AvgIpc) is 3.06. The van der Waals surface area contributed by atoms with Gasteiger partial charge in [0.15, 0.2) is 0 Å². The van der Waals surface area contributed by atoms with Gasteiger partial charge < -0.3 is 9.84 Å². The van der Waals surface area contributed by atoms with E-state index >= 15 is 0 Å². The number of hydrogen-bond donors (Lipinski definition) is 1. The minimum atomic E-state index is 0.0111. The van der Waals surface area contributed by atoms with E-state index in [1.54, 1.807) is 6.26 Å². The quantitative estimate of drug-likeness (QED) is 0.611. The van der Waals surface area contributed by atoms with Crippen molar-refractivity contribution in [1.82, 2.24) is 0 Å². The van der Waals surface area contributed by atoms with E-state index in [4.69, 9.17) is 4.74 Å². The molecule has 5 rings (SSSR count). The Balaban J connectivity index is 1.46. The highest BCUT2D eigenvalue weighted by Gasteiger charge is 2.68. The van der Waals surface area contributed by atoms with Gasteiger partial charge in [0, 0.05) is 0 Å². The summed E-state index contributed by atoms with van der Waals surface area (Å²) in [6.07, 6.45) is 8.52. The Morgan fingerprint density at radius 1 is 0.842 bits per heavy atom. The SMILES string of the molecule is C=COC1CC2CC1C1C3CC(C4CC(O)CC43)C21. The van der Waals surface area contributed by atoms with Crippen molar-refractivity contribution in [2.45, 2.75) is 44.3 Å². The largest absolute Gasteiger partial charge is 0.498 e. The van der Waals surface area contributed by atoms with Gasteiger partial charge in [-0.2, -0.15) is 0 Å². The van der Waals surface area contributed by atoms with Gasteiger partial charge in [-0.05, 0) is 79.4 Å². The number of aliphatic hydroxyl groups excluding tert-OH is 1. The normalized spacial score (nSPS) is 64.3. The predicted molar refractivity (Wildman–Crippen MR) is 72.1 cm³/mol. The van der Waals surface area contributed by atoms with Gasteiger partial charge in [0.1, 0.15) is 6.10 Å². The Labute approximate surface area is 115 Å². The van der Waals surface area contributed by atoms with Crippen molar-refractivity contribution in [3.8, 4) is 0 Å². The molecule has 4 bridgehead atoms. The second-order valence-electron chi connectivity index (χ2n) is 7.91. The predicted octanol–water partition coefficient (Wildman–Crippen LogP) is 2.82. The zero-order chi connectivity index (χ0) is 12.7. The van der Waals surface area contributed by atoms with E-state index in [0.717, 1.165) is 60.2 Å². The minimum Gasteiger partial charge on any atom is -0.498 e. The molecule has 10 atom stereocenters. The van der Waals surface area contributed by atoms with Crippen LogP contribution in [0.1, 0.15) is 32.1 Å². The number of aliphatic hydroxyl groups is 1. The molecule has 1 N–H and O–H groups in total. The molecular weight excluding hydrogens is 236 g/mol. The first-order valence-electron chi connectivity index (χ1n) is 8.22. The average molecular weight is 260 g/mol. The van der Waals surface area contributed by atoms with Crippen LogP contribution in [0.4, 0.5) is 0 Å². The first-order chi connectivity index (χ1) is 9.28. The Bertz CT molecular complexity index is 419. The summed E-state index contributed by atoms with van der Waals surface area (Å²) in [5.41, 5.74) is 0. The minimum absolute atomic E-state index is 0.0111. The van der Waals surface area contributed by atoms with Crippen LogP contribution in [0.2, 0.25) is 0 Å². The van der Waals surface area contributed by atoms with Gasteiger partial charge >= 0.3 is 0 Å². The number of ether oxygens (including phenoxy) is 1. The van der Waals surface area contributed by atoms with Gasteiger partial charge in [-0.25, -0.2) is 0 Å². The lowest BCUT2D eigenvalue weighted by atomic mass is 9.64. The Hall–Kier alpha value is -0.500. The topological polar surface area (TPSA) is 29.5 Å². The van der Waals surface area contributed by atoms with E-state index < -0.39 is 0 Å². The summed E-state index contributed by atoms with van der Waals surface area (Å²) < 4.78 is 5.80. The number of fused-ring (bicyclic) bond motifs is 12. The van der Waals surface area contributed by atoms with Gasteiger partial charge in [0.2, 0.25) is 0 Å². The summed E-state index contributed by atoms with van der Waals surface area (Å²) in [5.74, 6) is 7.26. The summed E-state index contributed by atoms with van der Waals surface area (Å²) in [6, 6.07) is 0. The van der Waals surface area contributed by atoms with Crippen LogP contribution in [0.3, 0.4) is 0 Å². The third-order valence-electron chi connectivity index (χ3n) is 7.61. The molecule has 0 radical (unpaired) electrons. The van der Waals surface area contributed by atoms with Crippen LogP contribution in [0.15, 0.2) is 12.8 Å². The van der Waals surface area contributed by atoms with Gasteiger partial charge in [0.25, 0.3) is 0 Å². The van der Waals surface area contributed by atoms with Crippen LogP contribution in [0.25, 0.3) is 0 Å². The molecule has 0 aromatic carbocycles. The molecule has 10 unspecified atom stereocenters. The third kappa shape index (κ3) is 1.23. The van der Waals surface area contributed by atoms with Gasteiger partial charge in [-0.3, -0.25) is 0 Å². The van der Waals surface area contributed by atoms with Crippen molar-refractivity contribution in [1.29, 1.82) is 0 Å².